The molecular formula is C20H28N10O2. The van der Waals surface area contributed by atoms with Gasteiger partial charge in [-0.3, -0.25) is 9.48 Å². The van der Waals surface area contributed by atoms with E-state index >= 15 is 0 Å². The Balaban J connectivity index is 1.38. The van der Waals surface area contributed by atoms with Gasteiger partial charge in [0.05, 0.1) is 24.5 Å². The first kappa shape index (κ1) is 20.5. The molecule has 0 unspecified atom stereocenters. The third-order valence-corrected chi connectivity index (χ3v) is 6.32. The predicted octanol–water partition coefficient (Wildman–Crippen LogP) is -0.0450. The molecule has 170 valence electrons. The van der Waals surface area contributed by atoms with Gasteiger partial charge in [0.2, 0.25) is 0 Å². The number of carbonyl (C=O) groups is 2. The first-order chi connectivity index (χ1) is 15.5. The highest BCUT2D eigenvalue weighted by Crippen LogP contribution is 2.26. The van der Waals surface area contributed by atoms with Crippen molar-refractivity contribution in [2.24, 2.45) is 5.73 Å². The molecule has 12 nitrogen and oxygen atoms in total. The second-order valence-electron chi connectivity index (χ2n) is 8.48. The fourth-order valence-electron chi connectivity index (χ4n) is 4.60. The van der Waals surface area contributed by atoms with Crippen LogP contribution in [0, 0.1) is 0 Å². The molecule has 2 saturated heterocycles. The normalized spacial score (nSPS) is 21.1. The maximum absolute atomic E-state index is 12.4. The van der Waals surface area contributed by atoms with Gasteiger partial charge in [0.25, 0.3) is 5.91 Å². The van der Waals surface area contributed by atoms with E-state index in [-0.39, 0.29) is 23.6 Å². The number of hydrogen-bond acceptors (Lipinski definition) is 8. The molecule has 0 radical (unpaired) electrons. The zero-order chi connectivity index (χ0) is 22.2. The monoisotopic (exact) mass is 440 g/mol. The smallest absolute Gasteiger partial charge is 0.320 e. The minimum atomic E-state index is -0.653. The van der Waals surface area contributed by atoms with Crippen molar-refractivity contribution in [1.29, 1.82) is 0 Å². The summed E-state index contributed by atoms with van der Waals surface area (Å²) in [5, 5.41) is 11.0. The summed E-state index contributed by atoms with van der Waals surface area (Å²) in [6.07, 6.45) is 3.48. The molecule has 0 aromatic carbocycles. The van der Waals surface area contributed by atoms with Gasteiger partial charge in [-0.05, 0) is 12.8 Å². The van der Waals surface area contributed by atoms with Crippen LogP contribution >= 0.6 is 0 Å². The number of anilines is 3. The van der Waals surface area contributed by atoms with Crippen molar-refractivity contribution in [2.75, 3.05) is 50.0 Å². The van der Waals surface area contributed by atoms with Crippen LogP contribution in [0.1, 0.15) is 29.0 Å². The summed E-state index contributed by atoms with van der Waals surface area (Å²) in [5.41, 5.74) is 6.68. The minimum Gasteiger partial charge on any atom is -0.364 e. The van der Waals surface area contributed by atoms with Crippen LogP contribution in [0.5, 0.6) is 0 Å². The molecular weight excluding hydrogens is 412 g/mol. The summed E-state index contributed by atoms with van der Waals surface area (Å²) in [6, 6.07) is 2.13. The van der Waals surface area contributed by atoms with Crippen LogP contribution in [0.3, 0.4) is 0 Å². The van der Waals surface area contributed by atoms with Gasteiger partial charge in [0.1, 0.15) is 5.82 Å². The number of primary amides is 1. The Bertz CT molecular complexity index is 1010. The van der Waals surface area contributed by atoms with Gasteiger partial charge in [0, 0.05) is 52.4 Å². The van der Waals surface area contributed by atoms with Crippen molar-refractivity contribution in [2.45, 2.75) is 32.0 Å². The molecule has 0 bridgehead atoms. The third-order valence-electron chi connectivity index (χ3n) is 6.32. The lowest BCUT2D eigenvalue weighted by molar-refractivity contribution is 0.0996. The van der Waals surface area contributed by atoms with Crippen LogP contribution in [0.25, 0.3) is 0 Å². The van der Waals surface area contributed by atoms with E-state index in [2.05, 4.69) is 30.6 Å². The van der Waals surface area contributed by atoms with Crippen LogP contribution in [-0.4, -0.2) is 87.3 Å². The van der Waals surface area contributed by atoms with Crippen molar-refractivity contribution < 1.29 is 9.59 Å². The Hall–Kier alpha value is -3.41. The molecule has 0 saturated carbocycles. The number of likely N-dealkylation sites (N-methyl/N-ethyl adjacent to an activating group) is 1. The highest BCUT2D eigenvalue weighted by atomic mass is 16.2. The van der Waals surface area contributed by atoms with Crippen molar-refractivity contribution in [3.8, 4) is 0 Å². The number of nitrogens with zero attached hydrogens (tertiary/aromatic N) is 7. The lowest BCUT2D eigenvalue weighted by Gasteiger charge is -2.37. The fourth-order valence-corrected chi connectivity index (χ4v) is 4.60. The molecule has 0 aliphatic carbocycles. The van der Waals surface area contributed by atoms with Gasteiger partial charge in [-0.2, -0.15) is 5.10 Å². The molecule has 3 amide bonds. The molecule has 2 aromatic heterocycles. The molecule has 5 rings (SSSR count). The van der Waals surface area contributed by atoms with Gasteiger partial charge >= 0.3 is 6.03 Å². The van der Waals surface area contributed by atoms with Gasteiger partial charge in [-0.15, -0.1) is 0 Å². The molecule has 3 aliphatic heterocycles. The fraction of sp³-hybridized carbons (Fsp3) is 0.550. The van der Waals surface area contributed by atoms with Crippen LogP contribution < -0.4 is 21.3 Å². The number of nitrogens with one attached hydrogen (secondary N) is 2. The second-order valence-corrected chi connectivity index (χ2v) is 8.48. The summed E-state index contributed by atoms with van der Waals surface area (Å²) in [4.78, 5) is 39.2. The largest absolute Gasteiger partial charge is 0.364 e. The van der Waals surface area contributed by atoms with Crippen LogP contribution in [0.4, 0.5) is 22.2 Å². The first-order valence-electron chi connectivity index (χ1n) is 11.0. The molecule has 5 heterocycles. The van der Waals surface area contributed by atoms with E-state index in [1.807, 2.05) is 22.7 Å². The van der Waals surface area contributed by atoms with E-state index in [1.165, 1.54) is 0 Å². The van der Waals surface area contributed by atoms with E-state index in [4.69, 9.17) is 5.73 Å². The maximum Gasteiger partial charge on any atom is 0.320 e. The summed E-state index contributed by atoms with van der Waals surface area (Å²) < 4.78 is 1.93. The zero-order valence-corrected chi connectivity index (χ0v) is 18.1. The van der Waals surface area contributed by atoms with E-state index in [0.717, 1.165) is 57.8 Å². The molecule has 1 atom stereocenters. The van der Waals surface area contributed by atoms with Crippen LogP contribution in [0.2, 0.25) is 0 Å². The van der Waals surface area contributed by atoms with E-state index in [9.17, 15) is 9.59 Å². The van der Waals surface area contributed by atoms with E-state index in [1.54, 1.807) is 11.1 Å². The number of aromatic nitrogens is 4. The van der Waals surface area contributed by atoms with Crippen molar-refractivity contribution >= 4 is 29.4 Å². The molecule has 3 aliphatic rings. The second kappa shape index (κ2) is 8.26. The maximum atomic E-state index is 12.4. The van der Waals surface area contributed by atoms with Crippen molar-refractivity contribution in [1.82, 2.24) is 34.9 Å². The number of rotatable bonds is 5. The van der Waals surface area contributed by atoms with Gasteiger partial charge < -0.3 is 31.1 Å². The molecule has 2 fully saturated rings. The summed E-state index contributed by atoms with van der Waals surface area (Å²) >= 11 is 0. The highest BCUT2D eigenvalue weighted by molar-refractivity contribution is 5.96. The number of amides is 3. The van der Waals surface area contributed by atoms with Crippen molar-refractivity contribution in [3.05, 3.63) is 23.7 Å². The third kappa shape index (κ3) is 3.81. The Morgan fingerprint density at radius 1 is 1.28 bits per heavy atom. The summed E-state index contributed by atoms with van der Waals surface area (Å²) in [5.74, 6) is 0.879. The Morgan fingerprint density at radius 2 is 2.16 bits per heavy atom. The molecule has 12 heteroatoms. The SMILES string of the molecule is CN1CCN([C@@H]2CCCN(c3cnc(C(N)=O)c(Nc4cc5n(n4)CCNC5)n3)C2)C1=O. The average Bonchev–Trinajstić information content (AvgIpc) is 3.36. The van der Waals surface area contributed by atoms with E-state index < -0.39 is 5.91 Å². The van der Waals surface area contributed by atoms with E-state index in [0.29, 0.717) is 18.2 Å². The van der Waals surface area contributed by atoms with Crippen molar-refractivity contribution in [3.63, 3.8) is 0 Å². The summed E-state index contributed by atoms with van der Waals surface area (Å²) in [7, 11) is 1.83. The molecule has 32 heavy (non-hydrogen) atoms. The number of fused-ring (bicyclic) bond motifs is 1. The lowest BCUT2D eigenvalue weighted by atomic mass is 10.0. The zero-order valence-electron chi connectivity index (χ0n) is 18.1. The number of carbonyl (C=O) groups excluding carboxylic acids is 2. The number of urea groups is 1. The summed E-state index contributed by atoms with van der Waals surface area (Å²) in [6.45, 7) is 5.36. The van der Waals surface area contributed by atoms with Gasteiger partial charge in [0.15, 0.2) is 17.3 Å². The van der Waals surface area contributed by atoms with Gasteiger partial charge in [-0.25, -0.2) is 14.8 Å². The van der Waals surface area contributed by atoms with Crippen LogP contribution in [0.15, 0.2) is 12.3 Å². The molecule has 2 aromatic rings. The van der Waals surface area contributed by atoms with Gasteiger partial charge in [-0.1, -0.05) is 0 Å². The molecule has 4 N–H and O–H groups in total. The minimum absolute atomic E-state index is 0.0720. The predicted molar refractivity (Wildman–Crippen MR) is 118 cm³/mol. The number of piperidine rings is 1. The Kier molecular flexibility index (Phi) is 5.29. The Labute approximate surface area is 185 Å². The van der Waals surface area contributed by atoms with Crippen LogP contribution in [-0.2, 0) is 13.1 Å². The number of hydrogen-bond donors (Lipinski definition) is 3. The number of nitrogens with two attached hydrogens (primary N) is 1. The lowest BCUT2D eigenvalue weighted by Crippen LogP contribution is -2.49. The topological polar surface area (TPSA) is 138 Å². The molecule has 0 spiro atoms. The quantitative estimate of drug-likeness (QED) is 0.589. The average molecular weight is 441 g/mol. The Morgan fingerprint density at radius 3 is 2.91 bits per heavy atom. The first-order valence-corrected chi connectivity index (χ1v) is 11.0. The highest BCUT2D eigenvalue weighted by Gasteiger charge is 2.34. The standard InChI is InChI=1S/C20H28N10O2/c1-27-7-8-29(20(27)32)13-3-2-5-28(12-13)16-11-23-17(18(21)31)19(25-16)24-15-9-14-10-22-4-6-30(14)26-15/h9,11,13,22H,2-8,10,12H2,1H3,(H2,21,31)(H,24,25,26)/t13-/m1/s1.